The van der Waals surface area contributed by atoms with Gasteiger partial charge >= 0.3 is 0 Å². The SMILES string of the molecule is O=C(NCC1CCCO1)c1cc(NCc2ccncc2)ncn1. The van der Waals surface area contributed by atoms with Gasteiger partial charge in [-0.3, -0.25) is 9.78 Å². The Morgan fingerprint density at radius 1 is 1.30 bits per heavy atom. The number of hydrogen-bond acceptors (Lipinski definition) is 6. The number of nitrogens with one attached hydrogen (secondary N) is 2. The smallest absolute Gasteiger partial charge is 0.270 e. The van der Waals surface area contributed by atoms with Crippen LogP contribution in [0.1, 0.15) is 28.9 Å². The van der Waals surface area contributed by atoms with E-state index < -0.39 is 0 Å². The Kier molecular flexibility index (Phi) is 5.10. The van der Waals surface area contributed by atoms with Crippen molar-refractivity contribution in [3.8, 4) is 0 Å². The van der Waals surface area contributed by atoms with Gasteiger partial charge in [-0.15, -0.1) is 0 Å². The molecule has 2 aromatic heterocycles. The van der Waals surface area contributed by atoms with Gasteiger partial charge in [0.05, 0.1) is 6.10 Å². The highest BCUT2D eigenvalue weighted by Gasteiger charge is 2.17. The summed E-state index contributed by atoms with van der Waals surface area (Å²) in [6, 6.07) is 5.48. The first-order valence-corrected chi connectivity index (χ1v) is 7.66. The van der Waals surface area contributed by atoms with Crippen LogP contribution < -0.4 is 10.6 Å². The molecular weight excluding hydrogens is 294 g/mol. The van der Waals surface area contributed by atoms with E-state index in [1.54, 1.807) is 18.5 Å². The highest BCUT2D eigenvalue weighted by atomic mass is 16.5. The van der Waals surface area contributed by atoms with Crippen molar-refractivity contribution in [2.24, 2.45) is 0 Å². The van der Waals surface area contributed by atoms with Crippen LogP contribution in [0.5, 0.6) is 0 Å². The Hall–Kier alpha value is -2.54. The minimum Gasteiger partial charge on any atom is -0.376 e. The van der Waals surface area contributed by atoms with Crippen molar-refractivity contribution in [1.29, 1.82) is 0 Å². The molecule has 1 saturated heterocycles. The second-order valence-corrected chi connectivity index (χ2v) is 5.34. The Labute approximate surface area is 134 Å². The van der Waals surface area contributed by atoms with Gasteiger partial charge in [-0.05, 0) is 30.5 Å². The second-order valence-electron chi connectivity index (χ2n) is 5.34. The number of anilines is 1. The molecule has 1 amide bonds. The lowest BCUT2D eigenvalue weighted by atomic mass is 10.2. The Morgan fingerprint density at radius 2 is 2.17 bits per heavy atom. The fourth-order valence-corrected chi connectivity index (χ4v) is 2.37. The second kappa shape index (κ2) is 7.64. The zero-order valence-electron chi connectivity index (χ0n) is 12.7. The van der Waals surface area contributed by atoms with Crippen molar-refractivity contribution in [2.45, 2.75) is 25.5 Å². The molecule has 120 valence electrons. The number of ether oxygens (including phenoxy) is 1. The van der Waals surface area contributed by atoms with E-state index in [1.807, 2.05) is 12.1 Å². The Balaban J connectivity index is 1.54. The summed E-state index contributed by atoms with van der Waals surface area (Å²) < 4.78 is 5.49. The lowest BCUT2D eigenvalue weighted by Crippen LogP contribution is -2.32. The molecule has 1 aliphatic rings. The third kappa shape index (κ3) is 4.46. The Morgan fingerprint density at radius 3 is 2.96 bits per heavy atom. The fourth-order valence-electron chi connectivity index (χ4n) is 2.37. The van der Waals surface area contributed by atoms with Crippen LogP contribution in [0.4, 0.5) is 5.82 Å². The lowest BCUT2D eigenvalue weighted by molar-refractivity contribution is 0.0853. The predicted octanol–water partition coefficient (Wildman–Crippen LogP) is 1.39. The minimum atomic E-state index is -0.213. The fraction of sp³-hybridized carbons (Fsp3) is 0.375. The van der Waals surface area contributed by atoms with Crippen LogP contribution in [0, 0.1) is 0 Å². The summed E-state index contributed by atoms with van der Waals surface area (Å²) in [6.07, 6.45) is 7.02. The summed E-state index contributed by atoms with van der Waals surface area (Å²) in [5.41, 5.74) is 1.43. The molecule has 0 aromatic carbocycles. The summed E-state index contributed by atoms with van der Waals surface area (Å²) in [6.45, 7) is 1.90. The van der Waals surface area contributed by atoms with Crippen molar-refractivity contribution in [3.63, 3.8) is 0 Å². The maximum absolute atomic E-state index is 12.1. The molecule has 7 heteroatoms. The minimum absolute atomic E-state index is 0.116. The van der Waals surface area contributed by atoms with Crippen LogP contribution in [-0.4, -0.2) is 40.1 Å². The topological polar surface area (TPSA) is 89.0 Å². The molecule has 7 nitrogen and oxygen atoms in total. The molecule has 0 radical (unpaired) electrons. The van der Waals surface area contributed by atoms with E-state index in [-0.39, 0.29) is 12.0 Å². The van der Waals surface area contributed by atoms with Gasteiger partial charge in [-0.25, -0.2) is 9.97 Å². The summed E-state index contributed by atoms with van der Waals surface area (Å²) in [5, 5.41) is 6.02. The monoisotopic (exact) mass is 313 g/mol. The van der Waals surface area contributed by atoms with E-state index in [0.29, 0.717) is 24.6 Å². The van der Waals surface area contributed by atoms with Crippen LogP contribution >= 0.6 is 0 Å². The average Bonchev–Trinajstić information content (AvgIpc) is 3.12. The lowest BCUT2D eigenvalue weighted by Gasteiger charge is -2.11. The van der Waals surface area contributed by atoms with Gasteiger partial charge < -0.3 is 15.4 Å². The van der Waals surface area contributed by atoms with Gasteiger partial charge in [0.1, 0.15) is 17.8 Å². The molecule has 0 bridgehead atoms. The van der Waals surface area contributed by atoms with E-state index in [9.17, 15) is 4.79 Å². The van der Waals surface area contributed by atoms with Crippen molar-refractivity contribution < 1.29 is 9.53 Å². The van der Waals surface area contributed by atoms with Gasteiger partial charge in [-0.2, -0.15) is 0 Å². The first-order valence-electron chi connectivity index (χ1n) is 7.66. The zero-order chi connectivity index (χ0) is 15.9. The standard InChI is InChI=1S/C16H19N5O2/c22-16(19-10-13-2-1-7-23-13)14-8-15(21-11-20-14)18-9-12-3-5-17-6-4-12/h3-6,8,11,13H,1-2,7,9-10H2,(H,19,22)(H,18,20,21). The molecule has 1 fully saturated rings. The van der Waals surface area contributed by atoms with E-state index in [4.69, 9.17) is 4.74 Å². The number of carbonyl (C=O) groups is 1. The molecule has 3 rings (SSSR count). The number of carbonyl (C=O) groups excluding carboxylic acids is 1. The van der Waals surface area contributed by atoms with Gasteiger partial charge in [0.2, 0.25) is 0 Å². The number of aromatic nitrogens is 3. The van der Waals surface area contributed by atoms with Crippen molar-refractivity contribution in [3.05, 3.63) is 48.2 Å². The number of rotatable bonds is 6. The zero-order valence-corrected chi connectivity index (χ0v) is 12.7. The highest BCUT2D eigenvalue weighted by molar-refractivity contribution is 5.92. The predicted molar refractivity (Wildman–Crippen MR) is 84.9 cm³/mol. The van der Waals surface area contributed by atoms with Crippen LogP contribution in [0.25, 0.3) is 0 Å². The van der Waals surface area contributed by atoms with E-state index in [1.165, 1.54) is 6.33 Å². The summed E-state index contributed by atoms with van der Waals surface area (Å²) in [4.78, 5) is 24.3. The molecule has 0 aliphatic carbocycles. The summed E-state index contributed by atoms with van der Waals surface area (Å²) in [5.74, 6) is 0.397. The molecule has 3 heterocycles. The largest absolute Gasteiger partial charge is 0.376 e. The Bertz CT molecular complexity index is 644. The first-order chi connectivity index (χ1) is 11.3. The molecule has 2 aromatic rings. The van der Waals surface area contributed by atoms with Crippen LogP contribution in [0.15, 0.2) is 36.9 Å². The number of amides is 1. The maximum atomic E-state index is 12.1. The van der Waals surface area contributed by atoms with E-state index in [0.717, 1.165) is 25.0 Å². The maximum Gasteiger partial charge on any atom is 0.270 e. The number of hydrogen-bond donors (Lipinski definition) is 2. The van der Waals surface area contributed by atoms with Crippen LogP contribution in [-0.2, 0) is 11.3 Å². The van der Waals surface area contributed by atoms with E-state index in [2.05, 4.69) is 25.6 Å². The third-order valence-corrected chi connectivity index (χ3v) is 3.64. The number of pyridine rings is 1. The first kappa shape index (κ1) is 15.4. The summed E-state index contributed by atoms with van der Waals surface area (Å²) >= 11 is 0. The molecule has 23 heavy (non-hydrogen) atoms. The van der Waals surface area contributed by atoms with Gasteiger partial charge in [0.15, 0.2) is 0 Å². The molecule has 0 spiro atoms. The molecule has 0 saturated carbocycles. The molecule has 1 atom stereocenters. The van der Waals surface area contributed by atoms with Crippen molar-refractivity contribution in [2.75, 3.05) is 18.5 Å². The molecule has 1 aliphatic heterocycles. The number of nitrogens with zero attached hydrogens (tertiary/aromatic N) is 3. The molecule has 2 N–H and O–H groups in total. The summed E-state index contributed by atoms with van der Waals surface area (Å²) in [7, 11) is 0. The quantitative estimate of drug-likeness (QED) is 0.838. The van der Waals surface area contributed by atoms with E-state index >= 15 is 0 Å². The van der Waals surface area contributed by atoms with Crippen LogP contribution in [0.3, 0.4) is 0 Å². The normalized spacial score (nSPS) is 17.0. The average molecular weight is 313 g/mol. The molecule has 1 unspecified atom stereocenters. The molecular formula is C16H19N5O2. The highest BCUT2D eigenvalue weighted by Crippen LogP contribution is 2.11. The third-order valence-electron chi connectivity index (χ3n) is 3.64. The van der Waals surface area contributed by atoms with Gasteiger partial charge in [0.25, 0.3) is 5.91 Å². The van der Waals surface area contributed by atoms with Crippen molar-refractivity contribution >= 4 is 11.7 Å². The van der Waals surface area contributed by atoms with Gasteiger partial charge in [0, 0.05) is 38.2 Å². The van der Waals surface area contributed by atoms with Crippen LogP contribution in [0.2, 0.25) is 0 Å². The van der Waals surface area contributed by atoms with Gasteiger partial charge in [-0.1, -0.05) is 0 Å². The van der Waals surface area contributed by atoms with Crippen molar-refractivity contribution in [1.82, 2.24) is 20.3 Å².